The van der Waals surface area contributed by atoms with Gasteiger partial charge in [-0.3, -0.25) is 0 Å². The van der Waals surface area contributed by atoms with Gasteiger partial charge in [0.1, 0.15) is 0 Å². The van der Waals surface area contributed by atoms with Gasteiger partial charge >= 0.3 is 50.1 Å². The minimum atomic E-state index is -3.33. The first kappa shape index (κ1) is 7.61. The van der Waals surface area contributed by atoms with Crippen molar-refractivity contribution in [2.75, 3.05) is 0 Å². The Morgan fingerprint density at radius 2 is 2.25 bits per heavy atom. The first-order valence-corrected chi connectivity index (χ1v) is 5.24. The average molecular weight is 178 g/mol. The number of carboxylic acids is 1. The van der Waals surface area contributed by atoms with Crippen molar-refractivity contribution in [3.05, 3.63) is 0 Å². The van der Waals surface area contributed by atoms with E-state index in [1.54, 1.807) is 0 Å². The Morgan fingerprint density at radius 1 is 1.75 bits per heavy atom. The van der Waals surface area contributed by atoms with Crippen LogP contribution in [0.3, 0.4) is 0 Å². The topological polar surface area (TPSA) is 77.4 Å². The first-order valence-electron chi connectivity index (χ1n) is 2.04. The summed E-state index contributed by atoms with van der Waals surface area (Å²) in [6, 6.07) is 0. The monoisotopic (exact) mass is 179 g/mol. The molecule has 0 aromatic rings. The molecule has 1 N–H and O–H groups in total. The van der Waals surface area contributed by atoms with Gasteiger partial charge in [0.2, 0.25) is 0 Å². The van der Waals surface area contributed by atoms with Crippen molar-refractivity contribution in [2.24, 2.45) is 0 Å². The Kier molecular flexibility index (Phi) is 3.42. The number of carboxylic acid groups (broad SMARTS) is 1. The average Bonchev–Trinajstić information content (AvgIpc) is 1.61. The molecule has 0 unspecified atom stereocenters. The molecule has 0 saturated heterocycles. The second kappa shape index (κ2) is 3.59. The van der Waals surface area contributed by atoms with Crippen LogP contribution in [0.2, 0.25) is 5.25 Å². The van der Waals surface area contributed by atoms with Gasteiger partial charge < -0.3 is 0 Å². The normalized spacial score (nSPS) is 8.50. The molecule has 0 fully saturated rings. The molecule has 0 rings (SSSR count). The van der Waals surface area contributed by atoms with Crippen molar-refractivity contribution in [1.29, 1.82) is 0 Å². The second-order valence-corrected chi connectivity index (χ2v) is 3.88. The van der Waals surface area contributed by atoms with Crippen LogP contribution < -0.4 is 4.13 Å². The summed E-state index contributed by atoms with van der Waals surface area (Å²) in [7, 11) is 0. The Balaban J connectivity index is 3.18. The summed E-state index contributed by atoms with van der Waals surface area (Å²) in [5, 5.41) is 7.75. The fraction of sp³-hybridized carbons (Fsp3) is 0.667. The fourth-order valence-corrected chi connectivity index (χ4v) is 1.09. The molecule has 0 aromatic heterocycles. The van der Waals surface area contributed by atoms with Crippen molar-refractivity contribution < 1.29 is 17.8 Å². The van der Waals surface area contributed by atoms with Gasteiger partial charge in [-0.1, -0.05) is 0 Å². The van der Waals surface area contributed by atoms with E-state index < -0.39 is 20.6 Å². The molecule has 4 nitrogen and oxygen atoms in total. The van der Waals surface area contributed by atoms with Gasteiger partial charge in [-0.25, -0.2) is 0 Å². The van der Waals surface area contributed by atoms with Gasteiger partial charge in [0.05, 0.1) is 0 Å². The van der Waals surface area contributed by atoms with Gasteiger partial charge in [-0.05, 0) is 0 Å². The van der Waals surface area contributed by atoms with Crippen LogP contribution in [0.25, 0.3) is 0 Å². The van der Waals surface area contributed by atoms with Crippen LogP contribution in [0.5, 0.6) is 0 Å². The van der Waals surface area contributed by atoms with E-state index in [2.05, 4.69) is 0 Å². The molecule has 0 aliphatic rings. The molecule has 0 spiro atoms. The summed E-state index contributed by atoms with van der Waals surface area (Å²) in [6.07, 6.45) is -0.248. The number of carbonyl (C=O) groups is 1. The summed E-state index contributed by atoms with van der Waals surface area (Å²) in [4.78, 5) is 9.65. The molecule has 0 radical (unpaired) electrons. The van der Waals surface area contributed by atoms with E-state index in [9.17, 15) is 12.7 Å². The Bertz CT molecular complexity index is 95.9. The van der Waals surface area contributed by atoms with Crippen LogP contribution in [-0.2, 0) is 8.57 Å². The molecular formula is C3H5GeO4-. The van der Waals surface area contributed by atoms with E-state index >= 15 is 0 Å². The zero-order chi connectivity index (χ0) is 6.57. The Labute approximate surface area is 50.8 Å². The summed E-state index contributed by atoms with van der Waals surface area (Å²) in [6.45, 7) is 0. The van der Waals surface area contributed by atoms with E-state index in [-0.39, 0.29) is 11.7 Å². The second-order valence-electron chi connectivity index (χ2n) is 1.27. The third-order valence-electron chi connectivity index (χ3n) is 0.543. The molecule has 0 saturated carbocycles. The molecule has 5 heteroatoms. The summed E-state index contributed by atoms with van der Waals surface area (Å²) >= 11 is -3.33. The van der Waals surface area contributed by atoms with Gasteiger partial charge in [-0.15, -0.1) is 0 Å². The van der Waals surface area contributed by atoms with Crippen LogP contribution in [0.15, 0.2) is 0 Å². The quantitative estimate of drug-likeness (QED) is 0.546. The Morgan fingerprint density at radius 3 is 2.38 bits per heavy atom. The van der Waals surface area contributed by atoms with Gasteiger partial charge in [0.25, 0.3) is 0 Å². The SMILES string of the molecule is O=C(O)C[CH2][Ge](=[O])[O-]. The van der Waals surface area contributed by atoms with E-state index in [0.29, 0.717) is 0 Å². The van der Waals surface area contributed by atoms with Crippen LogP contribution in [0.4, 0.5) is 0 Å². The zero-order valence-electron chi connectivity index (χ0n) is 4.09. The molecule has 46 valence electrons. The zero-order valence-corrected chi connectivity index (χ0v) is 6.18. The van der Waals surface area contributed by atoms with Crippen molar-refractivity contribution in [1.82, 2.24) is 0 Å². The molecule has 0 amide bonds. The van der Waals surface area contributed by atoms with E-state index in [4.69, 9.17) is 5.11 Å². The van der Waals surface area contributed by atoms with Crippen molar-refractivity contribution >= 4 is 20.6 Å². The third-order valence-corrected chi connectivity index (χ3v) is 1.92. The number of hydrogen-bond acceptors (Lipinski definition) is 3. The third kappa shape index (κ3) is 5.61. The molecular weight excluding hydrogens is 173 g/mol. The molecule has 0 bridgehead atoms. The maximum absolute atomic E-state index is 9.78. The van der Waals surface area contributed by atoms with E-state index in [1.807, 2.05) is 0 Å². The standard InChI is InChI=1S/C3H5GeO4/c5-3(6)1-2-4(7)8/h1-2H2,(H,5,6)/q-1. The minimum absolute atomic E-state index is 0.157. The molecule has 0 aliphatic carbocycles. The fourth-order valence-electron chi connectivity index (χ4n) is 0.209. The Hall–Kier alpha value is -0.387. The van der Waals surface area contributed by atoms with Crippen molar-refractivity contribution in [2.45, 2.75) is 11.7 Å². The van der Waals surface area contributed by atoms with Crippen LogP contribution >= 0.6 is 0 Å². The van der Waals surface area contributed by atoms with E-state index in [0.717, 1.165) is 0 Å². The number of aliphatic carboxylic acids is 1. The van der Waals surface area contributed by atoms with Gasteiger partial charge in [0.15, 0.2) is 0 Å². The predicted molar refractivity (Wildman–Crippen MR) is 23.5 cm³/mol. The molecule has 0 aromatic carbocycles. The first-order chi connectivity index (χ1) is 3.63. The van der Waals surface area contributed by atoms with Crippen molar-refractivity contribution in [3.63, 3.8) is 0 Å². The van der Waals surface area contributed by atoms with E-state index in [1.165, 1.54) is 0 Å². The van der Waals surface area contributed by atoms with Crippen molar-refractivity contribution in [3.8, 4) is 0 Å². The van der Waals surface area contributed by atoms with Crippen LogP contribution in [0, 0.1) is 0 Å². The maximum atomic E-state index is 9.78. The summed E-state index contributed by atoms with van der Waals surface area (Å²) in [5.74, 6) is -1.05. The van der Waals surface area contributed by atoms with Crippen LogP contribution in [0.1, 0.15) is 6.42 Å². The van der Waals surface area contributed by atoms with Gasteiger partial charge in [-0.2, -0.15) is 0 Å². The number of rotatable bonds is 3. The molecule has 8 heavy (non-hydrogen) atoms. The predicted octanol–water partition coefficient (Wildman–Crippen LogP) is -1.26. The van der Waals surface area contributed by atoms with Crippen LogP contribution in [-0.4, -0.2) is 25.7 Å². The molecule has 0 atom stereocenters. The van der Waals surface area contributed by atoms with Gasteiger partial charge in [0, 0.05) is 0 Å². The molecule has 0 aliphatic heterocycles. The summed E-state index contributed by atoms with van der Waals surface area (Å²) < 4.78 is 19.6. The molecule has 0 heterocycles. The summed E-state index contributed by atoms with van der Waals surface area (Å²) in [5.41, 5.74) is 0. The number of hydrogen-bond donors (Lipinski definition) is 1.